The van der Waals surface area contributed by atoms with E-state index in [4.69, 9.17) is 0 Å². The summed E-state index contributed by atoms with van der Waals surface area (Å²) in [6.45, 7) is 2.21. The van der Waals surface area contributed by atoms with Gasteiger partial charge in [-0.25, -0.2) is 0 Å². The third-order valence-electron chi connectivity index (χ3n) is 2.70. The molecule has 72 valence electrons. The lowest BCUT2D eigenvalue weighted by Crippen LogP contribution is -2.12. The van der Waals surface area contributed by atoms with Crippen molar-refractivity contribution in [2.45, 2.75) is 25.9 Å². The third-order valence-corrected chi connectivity index (χ3v) is 4.42. The number of halogens is 1. The highest BCUT2D eigenvalue weighted by molar-refractivity contribution is 9.10. The van der Waals surface area contributed by atoms with Crippen LogP contribution in [0.3, 0.4) is 0 Å². The van der Waals surface area contributed by atoms with Crippen LogP contribution in [0.25, 0.3) is 0 Å². The van der Waals surface area contributed by atoms with Gasteiger partial charge in [0.25, 0.3) is 0 Å². The highest BCUT2D eigenvalue weighted by Gasteiger charge is 2.38. The Hall–Kier alpha value is 0.140. The average Bonchev–Trinajstić information content (AvgIpc) is 2.66. The van der Waals surface area contributed by atoms with Gasteiger partial charge in [0.2, 0.25) is 0 Å². The Morgan fingerprint density at radius 1 is 1.77 bits per heavy atom. The zero-order valence-corrected chi connectivity index (χ0v) is 9.94. The summed E-state index contributed by atoms with van der Waals surface area (Å²) >= 11 is 5.13. The number of aliphatic hydroxyl groups is 1. The fourth-order valence-electron chi connectivity index (χ4n) is 1.71. The molecular weight excluding hydrogens is 248 g/mol. The van der Waals surface area contributed by atoms with Crippen LogP contribution in [-0.2, 0) is 6.42 Å². The first-order chi connectivity index (χ1) is 6.16. The minimum atomic E-state index is -0.124. The van der Waals surface area contributed by atoms with Crippen molar-refractivity contribution in [1.29, 1.82) is 0 Å². The molecule has 3 unspecified atom stereocenters. The van der Waals surface area contributed by atoms with Crippen LogP contribution in [0.2, 0.25) is 0 Å². The van der Waals surface area contributed by atoms with Gasteiger partial charge in [-0.15, -0.1) is 11.3 Å². The van der Waals surface area contributed by atoms with Crippen molar-refractivity contribution in [3.8, 4) is 0 Å². The summed E-state index contributed by atoms with van der Waals surface area (Å²) in [7, 11) is 0. The van der Waals surface area contributed by atoms with Crippen molar-refractivity contribution in [3.63, 3.8) is 0 Å². The summed E-state index contributed by atoms with van der Waals surface area (Å²) in [6, 6.07) is 2.10. The molecule has 1 aromatic heterocycles. The second-order valence-electron chi connectivity index (χ2n) is 3.88. The summed E-state index contributed by atoms with van der Waals surface area (Å²) in [5.74, 6) is 1.29. The lowest BCUT2D eigenvalue weighted by molar-refractivity contribution is 0.147. The van der Waals surface area contributed by atoms with Crippen LogP contribution in [0.5, 0.6) is 0 Å². The number of hydrogen-bond donors (Lipinski definition) is 1. The Labute approximate surface area is 90.9 Å². The number of hydrogen-bond acceptors (Lipinski definition) is 2. The summed E-state index contributed by atoms with van der Waals surface area (Å²) in [6.07, 6.45) is 1.90. The van der Waals surface area contributed by atoms with Crippen LogP contribution in [0.15, 0.2) is 15.9 Å². The number of aliphatic hydroxyl groups excluding tert-OH is 1. The van der Waals surface area contributed by atoms with Crippen LogP contribution < -0.4 is 0 Å². The van der Waals surface area contributed by atoms with Crippen molar-refractivity contribution in [1.82, 2.24) is 0 Å². The summed E-state index contributed by atoms with van der Waals surface area (Å²) in [5, 5.41) is 11.9. The van der Waals surface area contributed by atoms with Gasteiger partial charge in [-0.2, -0.15) is 0 Å². The molecule has 1 saturated carbocycles. The van der Waals surface area contributed by atoms with E-state index in [1.807, 2.05) is 0 Å². The SMILES string of the molecule is CC1CC1C(O)Cc1cc(Br)cs1. The topological polar surface area (TPSA) is 20.2 Å². The van der Waals surface area contributed by atoms with Crippen molar-refractivity contribution < 1.29 is 5.11 Å². The standard InChI is InChI=1S/C10H13BrOS/c1-6-2-9(6)10(12)4-8-3-7(11)5-13-8/h3,5-6,9-10,12H,2,4H2,1H3. The minimum absolute atomic E-state index is 0.124. The van der Waals surface area contributed by atoms with Crippen LogP contribution in [0.4, 0.5) is 0 Å². The first-order valence-electron chi connectivity index (χ1n) is 4.58. The van der Waals surface area contributed by atoms with E-state index in [0.717, 1.165) is 16.8 Å². The van der Waals surface area contributed by atoms with Gasteiger partial charge in [-0.1, -0.05) is 6.92 Å². The second-order valence-corrected chi connectivity index (χ2v) is 5.79. The highest BCUT2D eigenvalue weighted by atomic mass is 79.9. The molecule has 0 amide bonds. The molecule has 0 aromatic carbocycles. The molecule has 1 fully saturated rings. The molecule has 13 heavy (non-hydrogen) atoms. The Bertz CT molecular complexity index is 297. The molecule has 1 aliphatic rings. The molecule has 1 heterocycles. The van der Waals surface area contributed by atoms with Gasteiger partial charge in [-0.3, -0.25) is 0 Å². The molecule has 1 N–H and O–H groups in total. The molecule has 3 heteroatoms. The number of thiophene rings is 1. The van der Waals surface area contributed by atoms with Crippen molar-refractivity contribution in [3.05, 3.63) is 20.8 Å². The molecule has 0 radical (unpaired) electrons. The molecule has 0 bridgehead atoms. The Balaban J connectivity index is 1.91. The van der Waals surface area contributed by atoms with Crippen LogP contribution in [0, 0.1) is 11.8 Å². The zero-order valence-electron chi connectivity index (χ0n) is 7.53. The van der Waals surface area contributed by atoms with Crippen LogP contribution in [0.1, 0.15) is 18.2 Å². The molecule has 1 nitrogen and oxygen atoms in total. The third kappa shape index (κ3) is 2.33. The van der Waals surface area contributed by atoms with E-state index in [2.05, 4.69) is 34.3 Å². The predicted octanol–water partition coefficient (Wildman–Crippen LogP) is 3.07. The van der Waals surface area contributed by atoms with Crippen molar-refractivity contribution >= 4 is 27.3 Å². The van der Waals surface area contributed by atoms with E-state index in [-0.39, 0.29) is 6.10 Å². The molecule has 3 atom stereocenters. The Kier molecular flexibility index (Phi) is 2.77. The highest BCUT2D eigenvalue weighted by Crippen LogP contribution is 2.41. The Morgan fingerprint density at radius 2 is 2.46 bits per heavy atom. The van der Waals surface area contributed by atoms with E-state index in [9.17, 15) is 5.11 Å². The quantitative estimate of drug-likeness (QED) is 0.886. The van der Waals surface area contributed by atoms with Crippen molar-refractivity contribution in [2.75, 3.05) is 0 Å². The smallest absolute Gasteiger partial charge is 0.0619 e. The van der Waals surface area contributed by atoms with E-state index < -0.39 is 0 Å². The van der Waals surface area contributed by atoms with Crippen LogP contribution >= 0.6 is 27.3 Å². The summed E-state index contributed by atoms with van der Waals surface area (Å²) in [5.41, 5.74) is 0. The lowest BCUT2D eigenvalue weighted by atomic mass is 10.1. The van der Waals surface area contributed by atoms with Gasteiger partial charge in [-0.05, 0) is 40.3 Å². The predicted molar refractivity (Wildman–Crippen MR) is 59.0 cm³/mol. The first kappa shape index (κ1) is 9.69. The molecule has 0 spiro atoms. The summed E-state index contributed by atoms with van der Waals surface area (Å²) < 4.78 is 1.13. The van der Waals surface area contributed by atoms with Gasteiger partial charge < -0.3 is 5.11 Å². The molecule has 2 rings (SSSR count). The first-order valence-corrected chi connectivity index (χ1v) is 6.25. The normalized spacial score (nSPS) is 28.8. The maximum atomic E-state index is 9.81. The molecule has 0 saturated heterocycles. The lowest BCUT2D eigenvalue weighted by Gasteiger charge is -2.06. The van der Waals surface area contributed by atoms with E-state index >= 15 is 0 Å². The largest absolute Gasteiger partial charge is 0.392 e. The van der Waals surface area contributed by atoms with Gasteiger partial charge in [0.05, 0.1) is 6.10 Å². The van der Waals surface area contributed by atoms with E-state index in [1.54, 1.807) is 11.3 Å². The molecular formula is C10H13BrOS. The fourth-order valence-corrected chi connectivity index (χ4v) is 3.21. The van der Waals surface area contributed by atoms with Gasteiger partial charge in [0.1, 0.15) is 0 Å². The average molecular weight is 261 g/mol. The molecule has 1 aliphatic carbocycles. The minimum Gasteiger partial charge on any atom is -0.392 e. The maximum absolute atomic E-state index is 9.81. The summed E-state index contributed by atoms with van der Waals surface area (Å²) in [4.78, 5) is 1.28. The fraction of sp³-hybridized carbons (Fsp3) is 0.600. The zero-order chi connectivity index (χ0) is 9.42. The van der Waals surface area contributed by atoms with E-state index in [0.29, 0.717) is 5.92 Å². The second kappa shape index (κ2) is 3.71. The van der Waals surface area contributed by atoms with Gasteiger partial charge >= 0.3 is 0 Å². The van der Waals surface area contributed by atoms with Crippen molar-refractivity contribution in [2.24, 2.45) is 11.8 Å². The maximum Gasteiger partial charge on any atom is 0.0619 e. The Morgan fingerprint density at radius 3 is 2.92 bits per heavy atom. The molecule has 0 aliphatic heterocycles. The van der Waals surface area contributed by atoms with Gasteiger partial charge in [0.15, 0.2) is 0 Å². The van der Waals surface area contributed by atoms with E-state index in [1.165, 1.54) is 11.3 Å². The number of rotatable bonds is 3. The van der Waals surface area contributed by atoms with Gasteiger partial charge in [0, 0.05) is 21.2 Å². The monoisotopic (exact) mass is 260 g/mol. The van der Waals surface area contributed by atoms with Crippen LogP contribution in [-0.4, -0.2) is 11.2 Å². The molecule has 1 aromatic rings.